The average molecular weight is 398 g/mol. The van der Waals surface area contributed by atoms with E-state index in [-0.39, 0.29) is 36.6 Å². The molecule has 4 rings (SSSR count). The summed E-state index contributed by atoms with van der Waals surface area (Å²) in [6, 6.07) is 11.1. The van der Waals surface area contributed by atoms with Gasteiger partial charge >= 0.3 is 6.01 Å². The Morgan fingerprint density at radius 1 is 1.32 bits per heavy atom. The molecule has 2 aromatic heterocycles. The fourth-order valence-electron chi connectivity index (χ4n) is 3.07. The number of methoxy groups -OCH3 is 1. The SMILES string of the molecule is COc1ccc(N2C[C@H](c3nnc(NC(=O)Cc4cccs4)o3)CC2=O)cc1. The van der Waals surface area contributed by atoms with Gasteiger partial charge in [-0.2, -0.15) is 0 Å². The summed E-state index contributed by atoms with van der Waals surface area (Å²) in [6.07, 6.45) is 0.527. The summed E-state index contributed by atoms with van der Waals surface area (Å²) in [6.45, 7) is 0.440. The summed E-state index contributed by atoms with van der Waals surface area (Å²) in [5.74, 6) is 0.615. The van der Waals surface area contributed by atoms with Crippen LogP contribution in [-0.2, 0) is 16.0 Å². The highest BCUT2D eigenvalue weighted by atomic mass is 32.1. The number of nitrogens with one attached hydrogen (secondary N) is 1. The van der Waals surface area contributed by atoms with Crippen LogP contribution in [0.1, 0.15) is 23.1 Å². The molecule has 1 aliphatic heterocycles. The van der Waals surface area contributed by atoms with Crippen molar-refractivity contribution >= 4 is 34.9 Å². The highest BCUT2D eigenvalue weighted by molar-refractivity contribution is 7.10. The lowest BCUT2D eigenvalue weighted by Crippen LogP contribution is -2.24. The Morgan fingerprint density at radius 3 is 2.86 bits per heavy atom. The molecule has 3 heterocycles. The molecule has 2 amide bonds. The van der Waals surface area contributed by atoms with Crippen LogP contribution < -0.4 is 15.0 Å². The monoisotopic (exact) mass is 398 g/mol. The van der Waals surface area contributed by atoms with Crippen LogP contribution in [0.15, 0.2) is 46.2 Å². The van der Waals surface area contributed by atoms with E-state index in [4.69, 9.17) is 9.15 Å². The largest absolute Gasteiger partial charge is 0.497 e. The van der Waals surface area contributed by atoms with Crippen molar-refractivity contribution in [2.75, 3.05) is 23.9 Å². The van der Waals surface area contributed by atoms with Gasteiger partial charge < -0.3 is 14.1 Å². The summed E-state index contributed by atoms with van der Waals surface area (Å²) in [4.78, 5) is 27.1. The summed E-state index contributed by atoms with van der Waals surface area (Å²) >= 11 is 1.51. The van der Waals surface area contributed by atoms with Crippen molar-refractivity contribution in [1.82, 2.24) is 10.2 Å². The van der Waals surface area contributed by atoms with Crippen molar-refractivity contribution in [3.05, 3.63) is 52.5 Å². The van der Waals surface area contributed by atoms with Crippen molar-refractivity contribution in [2.45, 2.75) is 18.8 Å². The maximum atomic E-state index is 12.4. The standard InChI is InChI=1S/C19H18N4O4S/c1-26-14-6-4-13(5-7-14)23-11-12(9-17(23)25)18-21-22-19(27-18)20-16(24)10-15-3-2-8-28-15/h2-8,12H,9-11H2,1H3,(H,20,22,24)/t12-/m1/s1. The first kappa shape index (κ1) is 18.2. The number of thiophene rings is 1. The third kappa shape index (κ3) is 3.89. The van der Waals surface area contributed by atoms with Crippen LogP contribution in [0.3, 0.4) is 0 Å². The number of hydrogen-bond donors (Lipinski definition) is 1. The number of benzene rings is 1. The normalized spacial score (nSPS) is 16.4. The third-order valence-electron chi connectivity index (χ3n) is 4.46. The van der Waals surface area contributed by atoms with Crippen LogP contribution >= 0.6 is 11.3 Å². The first-order valence-electron chi connectivity index (χ1n) is 8.72. The quantitative estimate of drug-likeness (QED) is 0.686. The van der Waals surface area contributed by atoms with Crippen molar-refractivity contribution in [3.8, 4) is 5.75 Å². The number of amides is 2. The lowest BCUT2D eigenvalue weighted by molar-refractivity contribution is -0.117. The second-order valence-electron chi connectivity index (χ2n) is 6.35. The van der Waals surface area contributed by atoms with E-state index in [9.17, 15) is 9.59 Å². The lowest BCUT2D eigenvalue weighted by Gasteiger charge is -2.16. The van der Waals surface area contributed by atoms with E-state index in [0.717, 1.165) is 16.3 Å². The fourth-order valence-corrected chi connectivity index (χ4v) is 3.77. The number of aromatic nitrogens is 2. The third-order valence-corrected chi connectivity index (χ3v) is 5.34. The number of nitrogens with zero attached hydrogens (tertiary/aromatic N) is 3. The first-order valence-corrected chi connectivity index (χ1v) is 9.60. The molecule has 0 aliphatic carbocycles. The van der Waals surface area contributed by atoms with Crippen LogP contribution in [0.5, 0.6) is 5.75 Å². The van der Waals surface area contributed by atoms with E-state index in [2.05, 4.69) is 15.5 Å². The van der Waals surface area contributed by atoms with E-state index < -0.39 is 0 Å². The highest BCUT2D eigenvalue weighted by Gasteiger charge is 2.35. The number of carbonyl (C=O) groups excluding carboxylic acids is 2. The molecule has 1 aromatic carbocycles. The zero-order chi connectivity index (χ0) is 19.5. The van der Waals surface area contributed by atoms with Crippen molar-refractivity contribution in [2.24, 2.45) is 0 Å². The van der Waals surface area contributed by atoms with Crippen LogP contribution in [0, 0.1) is 0 Å². The van der Waals surface area contributed by atoms with Gasteiger partial charge in [0, 0.05) is 23.5 Å². The highest BCUT2D eigenvalue weighted by Crippen LogP contribution is 2.32. The minimum Gasteiger partial charge on any atom is -0.497 e. The molecule has 8 nitrogen and oxygen atoms in total. The van der Waals surface area contributed by atoms with Crippen LogP contribution in [0.2, 0.25) is 0 Å². The van der Waals surface area contributed by atoms with Gasteiger partial charge in [0.2, 0.25) is 17.7 Å². The maximum Gasteiger partial charge on any atom is 0.322 e. The predicted octanol–water partition coefficient (Wildman–Crippen LogP) is 2.84. The molecule has 1 N–H and O–H groups in total. The van der Waals surface area contributed by atoms with E-state index in [1.165, 1.54) is 11.3 Å². The summed E-state index contributed by atoms with van der Waals surface area (Å²) in [5, 5.41) is 12.4. The Hall–Kier alpha value is -3.20. The lowest BCUT2D eigenvalue weighted by atomic mass is 10.1. The molecule has 1 atom stereocenters. The van der Waals surface area contributed by atoms with E-state index in [1.807, 2.05) is 41.8 Å². The molecular weight excluding hydrogens is 380 g/mol. The molecule has 0 unspecified atom stereocenters. The number of anilines is 2. The number of rotatable bonds is 6. The molecule has 0 radical (unpaired) electrons. The zero-order valence-corrected chi connectivity index (χ0v) is 15.9. The Kier molecular flexibility index (Phi) is 5.07. The Bertz CT molecular complexity index is 968. The molecule has 9 heteroatoms. The molecule has 0 bridgehead atoms. The van der Waals surface area contributed by atoms with Gasteiger partial charge in [-0.05, 0) is 35.7 Å². The molecule has 1 saturated heterocycles. The topological polar surface area (TPSA) is 97.6 Å². The minimum atomic E-state index is -0.222. The van der Waals surface area contributed by atoms with Gasteiger partial charge in [-0.25, -0.2) is 0 Å². The van der Waals surface area contributed by atoms with E-state index in [0.29, 0.717) is 12.4 Å². The molecule has 3 aromatic rings. The number of carbonyl (C=O) groups is 2. The summed E-state index contributed by atoms with van der Waals surface area (Å²) in [5.41, 5.74) is 0.789. The van der Waals surface area contributed by atoms with Crippen molar-refractivity contribution in [1.29, 1.82) is 0 Å². The van der Waals surface area contributed by atoms with E-state index >= 15 is 0 Å². The zero-order valence-electron chi connectivity index (χ0n) is 15.1. The predicted molar refractivity (Wildman–Crippen MR) is 104 cm³/mol. The smallest absolute Gasteiger partial charge is 0.322 e. The summed E-state index contributed by atoms with van der Waals surface area (Å²) < 4.78 is 10.7. The number of hydrogen-bond acceptors (Lipinski definition) is 7. The maximum absolute atomic E-state index is 12.4. The second-order valence-corrected chi connectivity index (χ2v) is 7.39. The molecule has 1 aliphatic rings. The van der Waals surface area contributed by atoms with Gasteiger partial charge in [0.25, 0.3) is 0 Å². The van der Waals surface area contributed by atoms with E-state index in [1.54, 1.807) is 12.0 Å². The van der Waals surface area contributed by atoms with Crippen molar-refractivity contribution in [3.63, 3.8) is 0 Å². The second kappa shape index (κ2) is 7.81. The van der Waals surface area contributed by atoms with Gasteiger partial charge in [-0.1, -0.05) is 11.2 Å². The van der Waals surface area contributed by atoms with Gasteiger partial charge in [0.05, 0.1) is 19.4 Å². The molecule has 144 valence electrons. The Balaban J connectivity index is 1.39. The van der Waals surface area contributed by atoms with Crippen LogP contribution in [-0.4, -0.2) is 35.7 Å². The van der Waals surface area contributed by atoms with Crippen molar-refractivity contribution < 1.29 is 18.7 Å². The van der Waals surface area contributed by atoms with Crippen LogP contribution in [0.4, 0.5) is 11.7 Å². The van der Waals surface area contributed by atoms with Gasteiger partial charge in [-0.3, -0.25) is 14.9 Å². The first-order chi connectivity index (χ1) is 13.6. The van der Waals surface area contributed by atoms with Gasteiger partial charge in [-0.15, -0.1) is 16.4 Å². The Morgan fingerprint density at radius 2 is 2.14 bits per heavy atom. The Labute approximate surface area is 165 Å². The fraction of sp³-hybridized carbons (Fsp3) is 0.263. The molecule has 28 heavy (non-hydrogen) atoms. The van der Waals surface area contributed by atoms with Gasteiger partial charge in [0.1, 0.15) is 5.75 Å². The molecule has 1 fully saturated rings. The minimum absolute atomic E-state index is 0.0170. The summed E-state index contributed by atoms with van der Waals surface area (Å²) in [7, 11) is 1.60. The molecule has 0 spiro atoms. The molecular formula is C19H18N4O4S. The van der Waals surface area contributed by atoms with Gasteiger partial charge in [0.15, 0.2) is 0 Å². The average Bonchev–Trinajstić information content (AvgIpc) is 3.43. The van der Waals surface area contributed by atoms with Crippen LogP contribution in [0.25, 0.3) is 0 Å². The molecule has 0 saturated carbocycles. The number of ether oxygens (including phenoxy) is 1.